The molecule has 12 heteroatoms. The highest BCUT2D eigenvalue weighted by atomic mass is 32.2. The van der Waals surface area contributed by atoms with E-state index in [0.717, 1.165) is 5.56 Å². The molecule has 0 fully saturated rings. The number of nitrogens with two attached hydrogens (primary N) is 2. The number of benzene rings is 1. The molecule has 0 aromatic heterocycles. The van der Waals surface area contributed by atoms with Gasteiger partial charge in [-0.2, -0.15) is 11.8 Å². The maximum Gasteiger partial charge on any atom is 0.326 e. The summed E-state index contributed by atoms with van der Waals surface area (Å²) in [4.78, 5) is 59.2. The van der Waals surface area contributed by atoms with Crippen molar-refractivity contribution in [3.8, 4) is 0 Å². The third-order valence-electron chi connectivity index (χ3n) is 4.61. The van der Waals surface area contributed by atoms with E-state index in [1.54, 1.807) is 0 Å². The van der Waals surface area contributed by atoms with E-state index >= 15 is 0 Å². The topological polar surface area (TPSA) is 194 Å². The third-order valence-corrected chi connectivity index (χ3v) is 5.26. The van der Waals surface area contributed by atoms with Crippen molar-refractivity contribution in [2.75, 3.05) is 18.6 Å². The van der Waals surface area contributed by atoms with Crippen molar-refractivity contribution >= 4 is 41.4 Å². The lowest BCUT2D eigenvalue weighted by molar-refractivity contribution is -0.142. The van der Waals surface area contributed by atoms with Crippen LogP contribution in [0.5, 0.6) is 0 Å². The second kappa shape index (κ2) is 14.9. The Labute approximate surface area is 196 Å². The van der Waals surface area contributed by atoms with Crippen LogP contribution in [0, 0.1) is 0 Å². The predicted octanol–water partition coefficient (Wildman–Crippen LogP) is -1.25. The number of hydrogen-bond donors (Lipinski definition) is 6. The fourth-order valence-electron chi connectivity index (χ4n) is 2.82. The van der Waals surface area contributed by atoms with Gasteiger partial charge < -0.3 is 32.5 Å². The highest BCUT2D eigenvalue weighted by Crippen LogP contribution is 2.05. The van der Waals surface area contributed by atoms with Crippen LogP contribution < -0.4 is 27.4 Å². The number of carbonyl (C=O) groups is 5. The first-order chi connectivity index (χ1) is 15.6. The van der Waals surface area contributed by atoms with Gasteiger partial charge in [0.2, 0.25) is 23.6 Å². The van der Waals surface area contributed by atoms with Gasteiger partial charge in [0, 0.05) is 6.42 Å². The van der Waals surface area contributed by atoms with Crippen LogP contribution in [0.3, 0.4) is 0 Å². The minimum absolute atomic E-state index is 0.171. The number of rotatable bonds is 15. The number of carboxylic acids is 1. The summed E-state index contributed by atoms with van der Waals surface area (Å²) in [6, 6.07) is 6.13. The summed E-state index contributed by atoms with van der Waals surface area (Å²) in [5.74, 6) is -3.29. The molecule has 33 heavy (non-hydrogen) atoms. The van der Waals surface area contributed by atoms with Gasteiger partial charge in [0.25, 0.3) is 0 Å². The zero-order valence-corrected chi connectivity index (χ0v) is 19.2. The molecule has 3 unspecified atom stereocenters. The zero-order chi connectivity index (χ0) is 24.8. The minimum atomic E-state index is -1.33. The Bertz CT molecular complexity index is 823. The molecule has 1 aromatic rings. The van der Waals surface area contributed by atoms with Crippen LogP contribution in [0.15, 0.2) is 30.3 Å². The van der Waals surface area contributed by atoms with Gasteiger partial charge in [0.05, 0.1) is 12.6 Å². The lowest BCUT2D eigenvalue weighted by Crippen LogP contribution is -2.54. The normalized spacial score (nSPS) is 13.3. The largest absolute Gasteiger partial charge is 0.480 e. The molecule has 1 rings (SSSR count). The first kappa shape index (κ1) is 27.9. The van der Waals surface area contributed by atoms with Crippen molar-refractivity contribution < 1.29 is 29.1 Å². The summed E-state index contributed by atoms with van der Waals surface area (Å²) in [5.41, 5.74) is 11.9. The molecule has 0 spiro atoms. The highest BCUT2D eigenvalue weighted by Gasteiger charge is 2.25. The van der Waals surface area contributed by atoms with E-state index in [4.69, 9.17) is 16.6 Å². The summed E-state index contributed by atoms with van der Waals surface area (Å²) in [7, 11) is 0. The van der Waals surface area contributed by atoms with Gasteiger partial charge in [-0.1, -0.05) is 30.3 Å². The number of carbonyl (C=O) groups excluding carboxylic acids is 4. The van der Waals surface area contributed by atoms with Crippen LogP contribution in [0.25, 0.3) is 0 Å². The Morgan fingerprint density at radius 1 is 1.00 bits per heavy atom. The molecular weight excluding hydrogens is 450 g/mol. The molecule has 11 nitrogen and oxygen atoms in total. The molecular formula is C21H31N5O6S. The summed E-state index contributed by atoms with van der Waals surface area (Å²) >= 11 is 1.48. The molecule has 0 heterocycles. The predicted molar refractivity (Wildman–Crippen MR) is 124 cm³/mol. The van der Waals surface area contributed by atoms with E-state index in [1.807, 2.05) is 36.6 Å². The van der Waals surface area contributed by atoms with E-state index in [2.05, 4.69) is 16.0 Å². The summed E-state index contributed by atoms with van der Waals surface area (Å²) in [6.45, 7) is -0.499. The van der Waals surface area contributed by atoms with E-state index < -0.39 is 54.3 Å². The number of primary amides is 1. The van der Waals surface area contributed by atoms with Gasteiger partial charge in [0.15, 0.2) is 0 Å². The SMILES string of the molecule is CSCCC(NC(=O)C(N)Cc1ccccc1)C(=O)NCC(=O)NC(CCC(N)=O)C(=O)O. The molecule has 182 valence electrons. The number of thioether (sulfide) groups is 1. The monoisotopic (exact) mass is 481 g/mol. The summed E-state index contributed by atoms with van der Waals surface area (Å²) in [5, 5.41) is 16.4. The average molecular weight is 482 g/mol. The lowest BCUT2D eigenvalue weighted by atomic mass is 10.1. The Morgan fingerprint density at radius 2 is 1.67 bits per heavy atom. The molecule has 4 amide bonds. The first-order valence-electron chi connectivity index (χ1n) is 10.3. The summed E-state index contributed by atoms with van der Waals surface area (Å²) in [6.07, 6.45) is 2.08. The average Bonchev–Trinajstić information content (AvgIpc) is 2.77. The Kier molecular flexibility index (Phi) is 12.6. The molecule has 0 radical (unpaired) electrons. The molecule has 8 N–H and O–H groups in total. The molecule has 0 aliphatic carbocycles. The molecule has 0 bridgehead atoms. The quantitative estimate of drug-likeness (QED) is 0.179. The van der Waals surface area contributed by atoms with Gasteiger partial charge in [-0.05, 0) is 36.8 Å². The van der Waals surface area contributed by atoms with Crippen molar-refractivity contribution in [2.24, 2.45) is 11.5 Å². The molecule has 0 saturated carbocycles. The summed E-state index contributed by atoms with van der Waals surface area (Å²) < 4.78 is 0. The molecule has 1 aromatic carbocycles. The van der Waals surface area contributed by atoms with Crippen molar-refractivity contribution in [2.45, 2.75) is 43.8 Å². The fraction of sp³-hybridized carbons (Fsp3) is 0.476. The second-order valence-corrected chi connectivity index (χ2v) is 8.31. The molecule has 0 saturated heterocycles. The number of nitrogens with one attached hydrogen (secondary N) is 3. The lowest BCUT2D eigenvalue weighted by Gasteiger charge is -2.21. The van der Waals surface area contributed by atoms with E-state index in [0.29, 0.717) is 18.6 Å². The highest BCUT2D eigenvalue weighted by molar-refractivity contribution is 7.98. The van der Waals surface area contributed by atoms with Crippen LogP contribution in [-0.4, -0.2) is 71.4 Å². The van der Waals surface area contributed by atoms with Crippen molar-refractivity contribution in [1.29, 1.82) is 0 Å². The first-order valence-corrected chi connectivity index (χ1v) is 11.7. The standard InChI is InChI=1S/C21H31N5O6S/c1-33-10-9-15(26-19(29)14(22)11-13-5-3-2-4-6-13)20(30)24-12-18(28)25-16(21(31)32)7-8-17(23)27/h2-6,14-16H,7-12,22H2,1H3,(H2,23,27)(H,24,30)(H,25,28)(H,26,29)(H,31,32). The maximum absolute atomic E-state index is 12.6. The number of carboxylic acid groups (broad SMARTS) is 1. The van der Waals surface area contributed by atoms with Crippen LogP contribution in [-0.2, 0) is 30.4 Å². The maximum atomic E-state index is 12.6. The third kappa shape index (κ3) is 11.3. The zero-order valence-electron chi connectivity index (χ0n) is 18.4. The van der Waals surface area contributed by atoms with E-state index in [1.165, 1.54) is 11.8 Å². The number of aliphatic carboxylic acids is 1. The van der Waals surface area contributed by atoms with Gasteiger partial charge in [-0.3, -0.25) is 19.2 Å². The number of amides is 4. The minimum Gasteiger partial charge on any atom is -0.480 e. The van der Waals surface area contributed by atoms with Crippen LogP contribution in [0.4, 0.5) is 0 Å². The van der Waals surface area contributed by atoms with Gasteiger partial charge >= 0.3 is 5.97 Å². The molecule has 0 aliphatic rings. The second-order valence-electron chi connectivity index (χ2n) is 7.32. The van der Waals surface area contributed by atoms with Gasteiger partial charge in [-0.15, -0.1) is 0 Å². The van der Waals surface area contributed by atoms with E-state index in [9.17, 15) is 24.0 Å². The van der Waals surface area contributed by atoms with Crippen molar-refractivity contribution in [3.05, 3.63) is 35.9 Å². The Hall–Kier alpha value is -3.12. The molecule has 3 atom stereocenters. The number of hydrogen-bond acceptors (Lipinski definition) is 7. The van der Waals surface area contributed by atoms with Crippen molar-refractivity contribution in [1.82, 2.24) is 16.0 Å². The Morgan fingerprint density at radius 3 is 2.24 bits per heavy atom. The van der Waals surface area contributed by atoms with Gasteiger partial charge in [0.1, 0.15) is 12.1 Å². The fourth-order valence-corrected chi connectivity index (χ4v) is 3.30. The van der Waals surface area contributed by atoms with E-state index in [-0.39, 0.29) is 12.8 Å². The van der Waals surface area contributed by atoms with Gasteiger partial charge in [-0.25, -0.2) is 4.79 Å². The molecule has 0 aliphatic heterocycles. The Balaban J connectivity index is 2.63. The van der Waals surface area contributed by atoms with Crippen LogP contribution >= 0.6 is 11.8 Å². The van der Waals surface area contributed by atoms with Crippen molar-refractivity contribution in [3.63, 3.8) is 0 Å². The van der Waals surface area contributed by atoms with Crippen LogP contribution in [0.1, 0.15) is 24.8 Å². The van der Waals surface area contributed by atoms with Crippen LogP contribution in [0.2, 0.25) is 0 Å². The smallest absolute Gasteiger partial charge is 0.326 e.